The summed E-state index contributed by atoms with van der Waals surface area (Å²) in [6, 6.07) is 12.0. The molecule has 0 aliphatic carbocycles. The number of ether oxygens (including phenoxy) is 1. The molecule has 0 atom stereocenters. The highest BCUT2D eigenvalue weighted by Crippen LogP contribution is 2.24. The molecule has 0 aliphatic rings. The lowest BCUT2D eigenvalue weighted by Crippen LogP contribution is -2.22. The smallest absolute Gasteiger partial charge is 0.339 e. The monoisotopic (exact) mass is 409 g/mol. The number of carbonyl (C=O) groups excluding carboxylic acids is 2. The molecule has 2 N–H and O–H groups in total. The van der Waals surface area contributed by atoms with Gasteiger partial charge < -0.3 is 10.1 Å². The summed E-state index contributed by atoms with van der Waals surface area (Å²) in [5.74, 6) is -0.719. The third-order valence-corrected chi connectivity index (χ3v) is 5.06. The first-order valence-corrected chi connectivity index (χ1v) is 9.43. The van der Waals surface area contributed by atoms with Crippen LogP contribution in [0.3, 0.4) is 0 Å². The summed E-state index contributed by atoms with van der Waals surface area (Å²) in [7, 11) is 1.27. The summed E-state index contributed by atoms with van der Waals surface area (Å²) in [6.07, 6.45) is -0.158. The maximum Gasteiger partial charge on any atom is 0.339 e. The minimum absolute atomic E-state index is 0.158. The highest BCUT2D eigenvalue weighted by molar-refractivity contribution is 7.13. The van der Waals surface area contributed by atoms with Crippen LogP contribution in [0, 0.1) is 0 Å². The van der Waals surface area contributed by atoms with E-state index in [9.17, 15) is 14.4 Å². The van der Waals surface area contributed by atoms with Crippen LogP contribution in [0.15, 0.2) is 52.6 Å². The summed E-state index contributed by atoms with van der Waals surface area (Å²) in [6.45, 7) is 0. The van der Waals surface area contributed by atoms with E-state index in [1.807, 2.05) is 17.5 Å². The first-order valence-electron chi connectivity index (χ1n) is 8.55. The molecule has 29 heavy (non-hydrogen) atoms. The number of hydrogen-bond donors (Lipinski definition) is 2. The molecule has 0 unspecified atom stereocenters. The Balaban J connectivity index is 1.63. The Kier molecular flexibility index (Phi) is 4.92. The zero-order chi connectivity index (χ0) is 20.4. The summed E-state index contributed by atoms with van der Waals surface area (Å²) >= 11 is 1.49. The van der Waals surface area contributed by atoms with Gasteiger partial charge in [-0.3, -0.25) is 9.59 Å². The van der Waals surface area contributed by atoms with Gasteiger partial charge >= 0.3 is 5.97 Å². The van der Waals surface area contributed by atoms with Gasteiger partial charge in [0.25, 0.3) is 5.56 Å². The van der Waals surface area contributed by atoms with Crippen LogP contribution in [-0.4, -0.2) is 38.8 Å². The van der Waals surface area contributed by atoms with Gasteiger partial charge in [-0.05, 0) is 29.6 Å². The molecule has 3 aromatic heterocycles. The lowest BCUT2D eigenvalue weighted by Gasteiger charge is -2.09. The second-order valence-electron chi connectivity index (χ2n) is 6.04. The van der Waals surface area contributed by atoms with Gasteiger partial charge in [0, 0.05) is 0 Å². The zero-order valence-corrected chi connectivity index (χ0v) is 16.0. The molecule has 4 aromatic rings. The number of carbonyl (C=O) groups is 2. The van der Waals surface area contributed by atoms with Crippen molar-refractivity contribution in [2.45, 2.75) is 6.42 Å². The van der Waals surface area contributed by atoms with Crippen LogP contribution in [0.1, 0.15) is 16.2 Å². The van der Waals surface area contributed by atoms with E-state index in [2.05, 4.69) is 20.6 Å². The Morgan fingerprint density at radius 1 is 1.24 bits per heavy atom. The predicted octanol–water partition coefficient (Wildman–Crippen LogP) is 2.11. The van der Waals surface area contributed by atoms with Crippen molar-refractivity contribution in [1.29, 1.82) is 0 Å². The van der Waals surface area contributed by atoms with E-state index >= 15 is 0 Å². The molecule has 0 fully saturated rings. The number of thiophene rings is 1. The van der Waals surface area contributed by atoms with Crippen molar-refractivity contribution in [2.24, 2.45) is 0 Å². The molecule has 0 bridgehead atoms. The fraction of sp³-hybridized carbons (Fsp3) is 0.105. The molecule has 10 heteroatoms. The maximum atomic E-state index is 12.6. The van der Waals surface area contributed by atoms with Gasteiger partial charge in [0.05, 0.1) is 29.7 Å². The molecule has 9 nitrogen and oxygen atoms in total. The van der Waals surface area contributed by atoms with Crippen molar-refractivity contribution in [3.63, 3.8) is 0 Å². The molecule has 4 rings (SSSR count). The second kappa shape index (κ2) is 7.68. The van der Waals surface area contributed by atoms with Gasteiger partial charge in [-0.25, -0.2) is 14.4 Å². The van der Waals surface area contributed by atoms with E-state index < -0.39 is 17.4 Å². The number of para-hydroxylation sites is 1. The van der Waals surface area contributed by atoms with Crippen molar-refractivity contribution in [3.8, 4) is 10.6 Å². The van der Waals surface area contributed by atoms with Crippen molar-refractivity contribution in [2.75, 3.05) is 12.4 Å². The largest absolute Gasteiger partial charge is 0.465 e. The number of rotatable bonds is 5. The summed E-state index contributed by atoms with van der Waals surface area (Å²) in [4.78, 5) is 37.5. The summed E-state index contributed by atoms with van der Waals surface area (Å²) in [5, 5.41) is 15.4. The van der Waals surface area contributed by atoms with Gasteiger partial charge in [0.15, 0.2) is 5.82 Å². The molecule has 0 spiro atoms. The van der Waals surface area contributed by atoms with Crippen molar-refractivity contribution < 1.29 is 14.3 Å². The van der Waals surface area contributed by atoms with Gasteiger partial charge in [0.1, 0.15) is 11.2 Å². The third-order valence-electron chi connectivity index (χ3n) is 4.17. The fourth-order valence-corrected chi connectivity index (χ4v) is 3.52. The quantitative estimate of drug-likeness (QED) is 0.488. The number of methoxy groups -OCH3 is 1. The van der Waals surface area contributed by atoms with Crippen molar-refractivity contribution in [1.82, 2.24) is 19.8 Å². The number of H-pyrrole nitrogens is 1. The van der Waals surface area contributed by atoms with Crippen molar-refractivity contribution >= 4 is 34.4 Å². The van der Waals surface area contributed by atoms with Crippen LogP contribution in [-0.2, 0) is 16.0 Å². The fourth-order valence-electron chi connectivity index (χ4n) is 2.84. The van der Waals surface area contributed by atoms with E-state index in [1.54, 1.807) is 30.3 Å². The highest BCUT2D eigenvalue weighted by atomic mass is 32.1. The van der Waals surface area contributed by atoms with Crippen LogP contribution >= 0.6 is 11.3 Å². The average Bonchev–Trinajstić information content (AvgIpc) is 3.40. The van der Waals surface area contributed by atoms with E-state index in [1.165, 1.54) is 23.0 Å². The maximum absolute atomic E-state index is 12.6. The Morgan fingerprint density at radius 2 is 2.07 bits per heavy atom. The van der Waals surface area contributed by atoms with Gasteiger partial charge in [-0.1, -0.05) is 18.2 Å². The van der Waals surface area contributed by atoms with E-state index in [0.717, 1.165) is 4.88 Å². The number of nitrogens with zero attached hydrogens (tertiary/aromatic N) is 3. The van der Waals surface area contributed by atoms with Gasteiger partial charge in [-0.2, -0.15) is 10.2 Å². The number of hydrogen-bond acceptors (Lipinski definition) is 7. The van der Waals surface area contributed by atoms with E-state index in [0.29, 0.717) is 16.9 Å². The van der Waals surface area contributed by atoms with E-state index in [4.69, 9.17) is 4.74 Å². The normalized spacial score (nSPS) is 10.8. The Bertz CT molecular complexity index is 1260. The summed E-state index contributed by atoms with van der Waals surface area (Å²) < 4.78 is 6.09. The Hall–Kier alpha value is -3.79. The van der Waals surface area contributed by atoms with E-state index in [-0.39, 0.29) is 17.8 Å². The lowest BCUT2D eigenvalue weighted by molar-refractivity contribution is -0.115. The molecule has 0 saturated heterocycles. The van der Waals surface area contributed by atoms with Crippen LogP contribution < -0.4 is 10.9 Å². The van der Waals surface area contributed by atoms with Crippen LogP contribution in [0.2, 0.25) is 0 Å². The molecular weight excluding hydrogens is 394 g/mol. The molecule has 146 valence electrons. The topological polar surface area (TPSA) is 118 Å². The number of benzene rings is 1. The van der Waals surface area contributed by atoms with Crippen LogP contribution in [0.25, 0.3) is 16.1 Å². The first-order chi connectivity index (χ1) is 14.1. The van der Waals surface area contributed by atoms with Gasteiger partial charge in [-0.15, -0.1) is 11.3 Å². The molecule has 1 amide bonds. The van der Waals surface area contributed by atoms with Crippen LogP contribution in [0.5, 0.6) is 0 Å². The number of aromatic nitrogens is 4. The predicted molar refractivity (Wildman–Crippen MR) is 107 cm³/mol. The molecule has 0 saturated carbocycles. The minimum atomic E-state index is -0.557. The molecular formula is C19H15N5O4S. The average molecular weight is 409 g/mol. The lowest BCUT2D eigenvalue weighted by atomic mass is 10.1. The zero-order valence-electron chi connectivity index (χ0n) is 15.2. The van der Waals surface area contributed by atoms with Crippen molar-refractivity contribution in [3.05, 3.63) is 69.6 Å². The Morgan fingerprint density at radius 3 is 2.83 bits per heavy atom. The number of esters is 1. The number of nitrogens with one attached hydrogen (secondary N) is 2. The minimum Gasteiger partial charge on any atom is -0.465 e. The number of amides is 1. The molecule has 1 aromatic carbocycles. The molecule has 0 radical (unpaired) electrons. The van der Waals surface area contributed by atoms with Crippen LogP contribution in [0.4, 0.5) is 5.69 Å². The Labute approximate surface area is 168 Å². The SMILES string of the molecule is COC(=O)c1ccccc1NC(=O)Cc1n[nH]c(=O)c2cc(-c3cccs3)nn12. The number of aromatic amines is 1. The molecule has 3 heterocycles. The number of anilines is 1. The first kappa shape index (κ1) is 18.6. The third kappa shape index (κ3) is 3.65. The molecule has 0 aliphatic heterocycles. The highest BCUT2D eigenvalue weighted by Gasteiger charge is 2.17. The standard InChI is InChI=1S/C19H15N5O4S/c1-28-19(27)11-5-2-3-6-12(11)20-17(25)10-16-21-22-18(26)14-9-13(23-24(14)16)15-7-4-8-29-15/h2-9H,10H2,1H3,(H,20,25)(H,22,26). The number of fused-ring (bicyclic) bond motifs is 1. The second-order valence-corrected chi connectivity index (χ2v) is 6.98. The van der Waals surface area contributed by atoms with Gasteiger partial charge in [0.2, 0.25) is 5.91 Å². The summed E-state index contributed by atoms with van der Waals surface area (Å²) in [5.41, 5.74) is 1.07.